The third kappa shape index (κ3) is 7.95. The number of hydrogen-bond donors (Lipinski definition) is 6. The molecule has 0 amide bonds. The Morgan fingerprint density at radius 1 is 1.06 bits per heavy atom. The molecule has 0 aromatic carbocycles. The first-order chi connectivity index (χ1) is 15.7. The maximum Gasteiger partial charge on any atom is 0.303 e. The normalized spacial score (nSPS) is 35.6. The Bertz CT molecular complexity index is 612. The molecule has 2 rings (SSSR count). The molecular weight excluding hydrogens is 436 g/mol. The zero-order valence-corrected chi connectivity index (χ0v) is 19.3. The largest absolute Gasteiger partial charge is 0.481 e. The van der Waals surface area contributed by atoms with E-state index in [4.69, 9.17) is 14.6 Å². The molecule has 0 spiro atoms. The lowest BCUT2D eigenvalue weighted by atomic mass is 9.85. The zero-order chi connectivity index (χ0) is 24.5. The molecule has 6 N–H and O–H groups in total. The average molecular weight is 477 g/mol. The SMILES string of the molecule is CCC(CCC1C(O)CC(=O)C1CCCCCCC(=O)O)OC1O[C@H](CO)[C@@H](O)[C@H](O)[C@H]1O. The molecule has 1 aliphatic carbocycles. The van der Waals surface area contributed by atoms with Gasteiger partial charge in [0.05, 0.1) is 18.8 Å². The number of carbonyl (C=O) groups excluding carboxylic acids is 1. The molecule has 9 atom stereocenters. The summed E-state index contributed by atoms with van der Waals surface area (Å²) in [5.74, 6) is -1.17. The number of aliphatic hydroxyl groups is 5. The number of rotatable bonds is 14. The van der Waals surface area contributed by atoms with Crippen molar-refractivity contribution in [2.75, 3.05) is 6.61 Å². The highest BCUT2D eigenvalue weighted by atomic mass is 16.7. The summed E-state index contributed by atoms with van der Waals surface area (Å²) in [6.07, 6.45) is -2.11. The number of ether oxygens (including phenoxy) is 2. The van der Waals surface area contributed by atoms with Crippen LogP contribution in [0.2, 0.25) is 0 Å². The summed E-state index contributed by atoms with van der Waals surface area (Å²) >= 11 is 0. The molecule has 10 nitrogen and oxygen atoms in total. The molecule has 2 aliphatic rings. The fraction of sp³-hybridized carbons (Fsp3) is 0.913. The van der Waals surface area contributed by atoms with Crippen molar-refractivity contribution in [2.24, 2.45) is 11.8 Å². The van der Waals surface area contributed by atoms with Crippen molar-refractivity contribution >= 4 is 11.8 Å². The second-order valence-corrected chi connectivity index (χ2v) is 9.30. The minimum absolute atomic E-state index is 0.0564. The van der Waals surface area contributed by atoms with Gasteiger partial charge < -0.3 is 40.1 Å². The number of hydrogen-bond acceptors (Lipinski definition) is 9. The first kappa shape index (κ1) is 28.1. The van der Waals surface area contributed by atoms with Crippen LogP contribution in [0.3, 0.4) is 0 Å². The summed E-state index contributed by atoms with van der Waals surface area (Å²) < 4.78 is 11.3. The predicted octanol–water partition coefficient (Wildman–Crippen LogP) is 0.353. The lowest BCUT2D eigenvalue weighted by Gasteiger charge is -2.41. The van der Waals surface area contributed by atoms with Crippen LogP contribution >= 0.6 is 0 Å². The number of ketones is 1. The van der Waals surface area contributed by atoms with Gasteiger partial charge in [0.25, 0.3) is 0 Å². The lowest BCUT2D eigenvalue weighted by Crippen LogP contribution is -2.59. The fourth-order valence-corrected chi connectivity index (χ4v) is 4.89. The van der Waals surface area contributed by atoms with Gasteiger partial charge in [-0.2, -0.15) is 0 Å². The summed E-state index contributed by atoms with van der Waals surface area (Å²) in [4.78, 5) is 23.0. The third-order valence-electron chi connectivity index (χ3n) is 6.94. The number of carboxylic acids is 1. The topological polar surface area (TPSA) is 174 Å². The Morgan fingerprint density at radius 2 is 1.76 bits per heavy atom. The molecule has 0 aromatic rings. The van der Waals surface area contributed by atoms with E-state index in [2.05, 4.69) is 0 Å². The number of unbranched alkanes of at least 4 members (excludes halogenated alkanes) is 3. The molecule has 2 fully saturated rings. The van der Waals surface area contributed by atoms with E-state index < -0.39 is 49.4 Å². The summed E-state index contributed by atoms with van der Waals surface area (Å²) in [7, 11) is 0. The standard InChI is InChI=1S/C23H40O10/c1-2-13(32-23-22(31)21(30)20(29)18(12-24)33-23)9-10-15-14(16(25)11-17(15)26)7-5-3-4-6-8-19(27)28/h13-15,17-18,20-24,26,29-31H,2-12H2,1H3,(H,27,28)/t13?,14?,15?,17?,18-,20-,21+,22-,23?/m1/s1. The average Bonchev–Trinajstić information content (AvgIpc) is 3.05. The van der Waals surface area contributed by atoms with Crippen molar-refractivity contribution < 1.29 is 49.7 Å². The van der Waals surface area contributed by atoms with Crippen molar-refractivity contribution in [2.45, 2.75) is 114 Å². The van der Waals surface area contributed by atoms with Gasteiger partial charge in [-0.15, -0.1) is 0 Å². The highest BCUT2D eigenvalue weighted by Gasteiger charge is 2.45. The molecule has 0 aromatic heterocycles. The van der Waals surface area contributed by atoms with E-state index in [1.54, 1.807) is 0 Å². The van der Waals surface area contributed by atoms with Crippen LogP contribution in [0.4, 0.5) is 0 Å². The predicted molar refractivity (Wildman–Crippen MR) is 116 cm³/mol. The summed E-state index contributed by atoms with van der Waals surface area (Å²) in [6.45, 7) is 1.36. The first-order valence-corrected chi connectivity index (χ1v) is 12.1. The van der Waals surface area contributed by atoms with Crippen LogP contribution in [0.1, 0.15) is 71.1 Å². The van der Waals surface area contributed by atoms with E-state index >= 15 is 0 Å². The summed E-state index contributed by atoms with van der Waals surface area (Å²) in [5, 5.41) is 58.5. The van der Waals surface area contributed by atoms with Crippen molar-refractivity contribution in [3.8, 4) is 0 Å². The number of carboxylic acid groups (broad SMARTS) is 1. The van der Waals surface area contributed by atoms with E-state index in [1.807, 2.05) is 6.92 Å². The van der Waals surface area contributed by atoms with E-state index in [1.165, 1.54) is 0 Å². The molecule has 0 radical (unpaired) electrons. The molecule has 1 saturated carbocycles. The quantitative estimate of drug-likeness (QED) is 0.192. The maximum atomic E-state index is 12.4. The highest BCUT2D eigenvalue weighted by molar-refractivity contribution is 5.84. The van der Waals surface area contributed by atoms with Gasteiger partial charge in [0.15, 0.2) is 6.29 Å². The Labute approximate surface area is 194 Å². The maximum absolute atomic E-state index is 12.4. The Kier molecular flexibility index (Phi) is 11.6. The van der Waals surface area contributed by atoms with Gasteiger partial charge in [0.2, 0.25) is 0 Å². The van der Waals surface area contributed by atoms with Crippen molar-refractivity contribution in [1.29, 1.82) is 0 Å². The Morgan fingerprint density at radius 3 is 2.39 bits per heavy atom. The van der Waals surface area contributed by atoms with Crippen molar-refractivity contribution in [1.82, 2.24) is 0 Å². The second kappa shape index (κ2) is 13.7. The van der Waals surface area contributed by atoms with E-state index in [9.17, 15) is 35.1 Å². The van der Waals surface area contributed by atoms with Crippen LogP contribution in [0.15, 0.2) is 0 Å². The van der Waals surface area contributed by atoms with Gasteiger partial charge in [-0.3, -0.25) is 9.59 Å². The van der Waals surface area contributed by atoms with Gasteiger partial charge in [0, 0.05) is 18.8 Å². The molecule has 192 valence electrons. The minimum atomic E-state index is -1.51. The van der Waals surface area contributed by atoms with Crippen LogP contribution in [-0.2, 0) is 19.1 Å². The third-order valence-corrected chi connectivity index (χ3v) is 6.94. The van der Waals surface area contributed by atoms with Crippen LogP contribution in [0, 0.1) is 11.8 Å². The van der Waals surface area contributed by atoms with E-state index in [0.717, 1.165) is 19.3 Å². The molecule has 1 saturated heterocycles. The molecule has 5 unspecified atom stereocenters. The lowest BCUT2D eigenvalue weighted by molar-refractivity contribution is -0.312. The smallest absolute Gasteiger partial charge is 0.303 e. The van der Waals surface area contributed by atoms with Gasteiger partial charge in [-0.05, 0) is 38.0 Å². The first-order valence-electron chi connectivity index (χ1n) is 12.1. The number of aliphatic carboxylic acids is 1. The van der Waals surface area contributed by atoms with Gasteiger partial charge in [0.1, 0.15) is 30.2 Å². The molecule has 1 heterocycles. The molecule has 1 aliphatic heterocycles. The molecule has 33 heavy (non-hydrogen) atoms. The van der Waals surface area contributed by atoms with E-state index in [0.29, 0.717) is 32.1 Å². The minimum Gasteiger partial charge on any atom is -0.481 e. The summed E-state index contributed by atoms with van der Waals surface area (Å²) in [5.41, 5.74) is 0. The summed E-state index contributed by atoms with van der Waals surface area (Å²) in [6, 6.07) is 0. The van der Waals surface area contributed by atoms with Crippen LogP contribution in [-0.4, -0.2) is 91.9 Å². The van der Waals surface area contributed by atoms with Gasteiger partial charge in [-0.25, -0.2) is 0 Å². The van der Waals surface area contributed by atoms with Gasteiger partial charge in [-0.1, -0.05) is 26.2 Å². The molecule has 0 bridgehead atoms. The van der Waals surface area contributed by atoms with Crippen LogP contribution < -0.4 is 0 Å². The van der Waals surface area contributed by atoms with E-state index in [-0.39, 0.29) is 36.6 Å². The fourth-order valence-electron chi connectivity index (χ4n) is 4.89. The van der Waals surface area contributed by atoms with Crippen LogP contribution in [0.5, 0.6) is 0 Å². The monoisotopic (exact) mass is 476 g/mol. The highest BCUT2D eigenvalue weighted by Crippen LogP contribution is 2.37. The van der Waals surface area contributed by atoms with Crippen LogP contribution in [0.25, 0.3) is 0 Å². The van der Waals surface area contributed by atoms with Gasteiger partial charge >= 0.3 is 5.97 Å². The Balaban J connectivity index is 1.85. The number of Topliss-reactive ketones (excluding diaryl/α,β-unsaturated/α-hetero) is 1. The van der Waals surface area contributed by atoms with Crippen molar-refractivity contribution in [3.63, 3.8) is 0 Å². The Hall–Kier alpha value is -1.14. The number of aliphatic hydroxyl groups excluding tert-OH is 5. The second-order valence-electron chi connectivity index (χ2n) is 9.30. The molecular formula is C23H40O10. The zero-order valence-electron chi connectivity index (χ0n) is 19.3. The molecule has 10 heteroatoms. The number of carbonyl (C=O) groups is 2. The van der Waals surface area contributed by atoms with Crippen molar-refractivity contribution in [3.05, 3.63) is 0 Å².